The molecule has 232 valence electrons. The summed E-state index contributed by atoms with van der Waals surface area (Å²) in [5.74, 6) is -5.90. The predicted molar refractivity (Wildman–Crippen MR) is 145 cm³/mol. The molecule has 0 fully saturated rings. The van der Waals surface area contributed by atoms with E-state index in [0.717, 1.165) is 0 Å². The molecule has 4 N–H and O–H groups in total. The van der Waals surface area contributed by atoms with Gasteiger partial charge in [-0.1, -0.05) is 0 Å². The molecular weight excluding hydrogens is 556 g/mol. The Labute approximate surface area is 242 Å². The van der Waals surface area contributed by atoms with Crippen molar-refractivity contribution in [1.82, 2.24) is 20.9 Å². The maximum absolute atomic E-state index is 13.2. The van der Waals surface area contributed by atoms with Gasteiger partial charge in [0.15, 0.2) is 0 Å². The Morgan fingerprint density at radius 1 is 0.786 bits per heavy atom. The zero-order valence-electron chi connectivity index (χ0n) is 24.3. The van der Waals surface area contributed by atoms with Crippen LogP contribution in [0.15, 0.2) is 0 Å². The van der Waals surface area contributed by atoms with Gasteiger partial charge in [-0.05, 0) is 54.1 Å². The van der Waals surface area contributed by atoms with Gasteiger partial charge < -0.3 is 41.8 Å². The molecule has 0 aromatic rings. The molecule has 42 heavy (non-hydrogen) atoms. The summed E-state index contributed by atoms with van der Waals surface area (Å²) in [6.07, 6.45) is -0.757. The number of carbonyl (C=O) groups is 7. The van der Waals surface area contributed by atoms with Crippen LogP contribution in [0.25, 0.3) is 11.1 Å². The monoisotopic (exact) mass is 594 g/mol. The number of ether oxygens (including phenoxy) is 1. The summed E-state index contributed by atoms with van der Waals surface area (Å²) in [5, 5.41) is 16.5. The third-order valence-electron chi connectivity index (χ3n) is 5.17. The van der Waals surface area contributed by atoms with Crippen LogP contribution in [-0.4, -0.2) is 118 Å². The van der Waals surface area contributed by atoms with Crippen LogP contribution in [0.2, 0.25) is 0 Å². The molecule has 0 saturated carbocycles. The molecular formula is C25H38N8O9. The average molecular weight is 595 g/mol. The summed E-state index contributed by atoms with van der Waals surface area (Å²) < 4.78 is 5.30. The topological polar surface area (TPSA) is 261 Å². The van der Waals surface area contributed by atoms with Gasteiger partial charge in [-0.15, -0.1) is 0 Å². The number of hydrogen-bond acceptors (Lipinski definition) is 9. The first kappa shape index (κ1) is 37.4. The standard InChI is InChI=1S/C25H38N8O9/c1-25(2,3)42-24(41)19(9-7-16(35)13-29-27)32-22(38)17(8-6-15(34)12-28-26)30-20(36)11-10-18(23(39)40)31-21(37)14-33(4)5/h12-13,17-19H,6-11,14H2,1-5H3,(H,30,36)(H,31,37)(H,32,38)(H,39,40)/t17-,18-,19-/m0/s1. The Bertz CT molecular complexity index is 1120. The number of ketones is 2. The lowest BCUT2D eigenvalue weighted by atomic mass is 10.0. The molecule has 0 aromatic carbocycles. The average Bonchev–Trinajstić information content (AvgIpc) is 2.85. The zero-order chi connectivity index (χ0) is 32.5. The summed E-state index contributed by atoms with van der Waals surface area (Å²) >= 11 is 0. The maximum atomic E-state index is 13.2. The van der Waals surface area contributed by atoms with E-state index in [1.54, 1.807) is 34.9 Å². The fourth-order valence-electron chi connectivity index (χ4n) is 3.32. The van der Waals surface area contributed by atoms with E-state index >= 15 is 0 Å². The van der Waals surface area contributed by atoms with E-state index < -0.39 is 71.4 Å². The Kier molecular flexibility index (Phi) is 16.7. The van der Waals surface area contributed by atoms with Gasteiger partial charge in [0.2, 0.25) is 29.3 Å². The summed E-state index contributed by atoms with van der Waals surface area (Å²) in [5.41, 5.74) is 16.1. The van der Waals surface area contributed by atoms with Gasteiger partial charge in [-0.2, -0.15) is 9.58 Å². The second-order valence-corrected chi connectivity index (χ2v) is 10.4. The number of nitrogens with one attached hydrogen (secondary N) is 3. The Morgan fingerprint density at radius 2 is 1.26 bits per heavy atom. The van der Waals surface area contributed by atoms with Crippen molar-refractivity contribution in [2.24, 2.45) is 0 Å². The van der Waals surface area contributed by atoms with Gasteiger partial charge in [0.05, 0.1) is 6.54 Å². The van der Waals surface area contributed by atoms with Crippen LogP contribution in [0.4, 0.5) is 0 Å². The minimum Gasteiger partial charge on any atom is -0.480 e. The van der Waals surface area contributed by atoms with E-state index in [1.165, 1.54) is 4.90 Å². The number of hydrogen-bond donors (Lipinski definition) is 4. The molecule has 0 spiro atoms. The molecule has 0 aliphatic rings. The molecule has 0 unspecified atom stereocenters. The van der Waals surface area contributed by atoms with Crippen molar-refractivity contribution < 1.29 is 53.0 Å². The van der Waals surface area contributed by atoms with E-state index in [4.69, 9.17) is 15.8 Å². The molecule has 17 nitrogen and oxygen atoms in total. The third kappa shape index (κ3) is 17.2. The summed E-state index contributed by atoms with van der Waals surface area (Å²) in [6.45, 7) is 4.66. The van der Waals surface area contributed by atoms with Crippen molar-refractivity contribution in [2.45, 2.75) is 83.0 Å². The highest BCUT2D eigenvalue weighted by Crippen LogP contribution is 2.12. The molecule has 0 aromatic heterocycles. The van der Waals surface area contributed by atoms with Crippen molar-refractivity contribution >= 4 is 53.7 Å². The molecule has 0 heterocycles. The second kappa shape index (κ2) is 18.7. The molecule has 0 bridgehead atoms. The lowest BCUT2D eigenvalue weighted by Gasteiger charge is -2.26. The number of aliphatic carboxylic acids is 1. The number of Topliss-reactive ketones (excluding diaryl/α,β-unsaturated/α-hetero) is 2. The fourth-order valence-corrected chi connectivity index (χ4v) is 3.32. The quantitative estimate of drug-likeness (QED) is 0.0582. The van der Waals surface area contributed by atoms with E-state index in [2.05, 4.69) is 25.5 Å². The largest absolute Gasteiger partial charge is 0.480 e. The molecule has 0 saturated heterocycles. The molecule has 0 rings (SSSR count). The van der Waals surface area contributed by atoms with Crippen LogP contribution in [-0.2, 0) is 38.3 Å². The Morgan fingerprint density at radius 3 is 1.71 bits per heavy atom. The first-order valence-electron chi connectivity index (χ1n) is 12.9. The molecule has 0 aliphatic carbocycles. The Balaban J connectivity index is 5.75. The summed E-state index contributed by atoms with van der Waals surface area (Å²) in [6, 6.07) is -4.18. The zero-order valence-corrected chi connectivity index (χ0v) is 24.3. The number of rotatable bonds is 19. The first-order valence-corrected chi connectivity index (χ1v) is 12.9. The number of carboxylic acid groups (broad SMARTS) is 1. The molecule has 3 amide bonds. The SMILES string of the molecule is CN(C)CC(=O)N[C@@H](CCC(=O)N[C@@H](CCC(=O)C=[N+]=[N-])C(=O)N[C@@H](CCC(=O)C=[N+]=[N-])C(=O)OC(C)(C)C)C(=O)O. The first-order chi connectivity index (χ1) is 19.5. The van der Waals surface area contributed by atoms with Crippen LogP contribution in [0.5, 0.6) is 0 Å². The highest BCUT2D eigenvalue weighted by atomic mass is 16.6. The lowest BCUT2D eigenvalue weighted by Crippen LogP contribution is -2.53. The van der Waals surface area contributed by atoms with Gasteiger partial charge >= 0.3 is 24.4 Å². The van der Waals surface area contributed by atoms with Gasteiger partial charge in [0.25, 0.3) is 0 Å². The van der Waals surface area contributed by atoms with Crippen LogP contribution in [0.1, 0.15) is 59.3 Å². The number of esters is 1. The van der Waals surface area contributed by atoms with Crippen LogP contribution in [0, 0.1) is 0 Å². The minimum atomic E-state index is -1.42. The summed E-state index contributed by atoms with van der Waals surface area (Å²) in [7, 11) is 3.22. The number of carboxylic acids is 1. The normalized spacial score (nSPS) is 12.8. The van der Waals surface area contributed by atoms with Gasteiger partial charge in [-0.3, -0.25) is 24.0 Å². The molecule has 0 aliphatic heterocycles. The van der Waals surface area contributed by atoms with E-state index in [-0.39, 0.29) is 38.6 Å². The van der Waals surface area contributed by atoms with Crippen LogP contribution in [0.3, 0.4) is 0 Å². The van der Waals surface area contributed by atoms with Gasteiger partial charge in [-0.25, -0.2) is 9.59 Å². The molecule has 0 radical (unpaired) electrons. The van der Waals surface area contributed by atoms with E-state index in [9.17, 15) is 38.7 Å². The van der Waals surface area contributed by atoms with Gasteiger partial charge in [0.1, 0.15) is 23.7 Å². The number of likely N-dealkylation sites (N-methyl/N-ethyl adjacent to an activating group) is 1. The van der Waals surface area contributed by atoms with E-state index in [0.29, 0.717) is 12.4 Å². The maximum Gasteiger partial charge on any atom is 0.329 e. The van der Waals surface area contributed by atoms with Crippen LogP contribution < -0.4 is 16.0 Å². The molecule has 3 atom stereocenters. The van der Waals surface area contributed by atoms with Crippen molar-refractivity contribution in [3.05, 3.63) is 11.1 Å². The van der Waals surface area contributed by atoms with Crippen LogP contribution >= 0.6 is 0 Å². The summed E-state index contributed by atoms with van der Waals surface area (Å²) in [4.78, 5) is 92.5. The number of amides is 3. The van der Waals surface area contributed by atoms with E-state index in [1.807, 2.05) is 0 Å². The predicted octanol–water partition coefficient (Wildman–Crippen LogP) is -1.49. The number of nitrogens with zero attached hydrogens (tertiary/aromatic N) is 5. The smallest absolute Gasteiger partial charge is 0.329 e. The highest BCUT2D eigenvalue weighted by molar-refractivity contribution is 6.25. The van der Waals surface area contributed by atoms with Gasteiger partial charge in [0, 0.05) is 19.3 Å². The van der Waals surface area contributed by atoms with Crippen molar-refractivity contribution in [2.75, 3.05) is 20.6 Å². The van der Waals surface area contributed by atoms with Crippen molar-refractivity contribution in [3.8, 4) is 0 Å². The Hall–Kier alpha value is -4.59. The fraction of sp³-hybridized carbons (Fsp3) is 0.640. The molecule has 17 heteroatoms. The van der Waals surface area contributed by atoms with Crippen molar-refractivity contribution in [1.29, 1.82) is 0 Å². The lowest BCUT2D eigenvalue weighted by molar-refractivity contribution is -0.159. The third-order valence-corrected chi connectivity index (χ3v) is 5.17. The second-order valence-electron chi connectivity index (χ2n) is 10.4. The van der Waals surface area contributed by atoms with Crippen molar-refractivity contribution in [3.63, 3.8) is 0 Å². The highest BCUT2D eigenvalue weighted by Gasteiger charge is 2.31. The minimum absolute atomic E-state index is 0.0827. The number of carbonyl (C=O) groups excluding carboxylic acids is 6.